The van der Waals surface area contributed by atoms with E-state index in [4.69, 9.17) is 11.6 Å². The summed E-state index contributed by atoms with van der Waals surface area (Å²) in [5.41, 5.74) is 1.83. The minimum atomic E-state index is -0.477. The molecule has 0 aliphatic carbocycles. The number of unbranched alkanes of at least 4 members (excludes halogenated alkanes) is 1. The van der Waals surface area contributed by atoms with Crippen LogP contribution in [0.25, 0.3) is 11.1 Å². The summed E-state index contributed by atoms with van der Waals surface area (Å²) in [7, 11) is 1.52. The van der Waals surface area contributed by atoms with Crippen LogP contribution in [0.15, 0.2) is 40.6 Å². The zero-order valence-electron chi connectivity index (χ0n) is 12.6. The molecule has 0 heterocycles. The van der Waals surface area contributed by atoms with E-state index in [0.717, 1.165) is 24.8 Å². The lowest BCUT2D eigenvalue weighted by molar-refractivity contribution is 0.477. The van der Waals surface area contributed by atoms with Crippen molar-refractivity contribution in [2.75, 3.05) is 7.05 Å². The molecule has 0 unspecified atom stereocenters. The second-order valence-corrected chi connectivity index (χ2v) is 5.42. The molecular formula is C17H18ClFN2O. The van der Waals surface area contributed by atoms with Crippen molar-refractivity contribution in [2.24, 2.45) is 10.2 Å². The summed E-state index contributed by atoms with van der Waals surface area (Å²) in [6.07, 6.45) is 2.86. The van der Waals surface area contributed by atoms with Crippen LogP contribution in [-0.4, -0.2) is 12.2 Å². The van der Waals surface area contributed by atoms with Crippen LogP contribution in [-0.2, 0) is 6.42 Å². The number of nitrogens with zero attached hydrogens (tertiary/aromatic N) is 2. The maximum Gasteiger partial charge on any atom is 0.151 e. The van der Waals surface area contributed by atoms with Crippen molar-refractivity contribution < 1.29 is 9.50 Å². The number of halogens is 2. The Bertz CT molecular complexity index is 681. The second-order valence-electron chi connectivity index (χ2n) is 5.01. The van der Waals surface area contributed by atoms with Crippen LogP contribution >= 0.6 is 11.6 Å². The maximum atomic E-state index is 14.2. The maximum absolute atomic E-state index is 14.2. The third-order valence-corrected chi connectivity index (χ3v) is 3.72. The molecule has 0 fully saturated rings. The van der Waals surface area contributed by atoms with Gasteiger partial charge in [-0.05, 0) is 42.7 Å². The summed E-state index contributed by atoms with van der Waals surface area (Å²) < 4.78 is 14.2. The molecule has 0 atom stereocenters. The second kappa shape index (κ2) is 7.36. The Morgan fingerprint density at radius 3 is 2.68 bits per heavy atom. The highest BCUT2D eigenvalue weighted by Crippen LogP contribution is 2.42. The topological polar surface area (TPSA) is 45.0 Å². The number of rotatable bonds is 5. The van der Waals surface area contributed by atoms with Crippen molar-refractivity contribution in [3.63, 3.8) is 0 Å². The molecule has 0 spiro atoms. The zero-order chi connectivity index (χ0) is 16.1. The van der Waals surface area contributed by atoms with Crippen molar-refractivity contribution >= 4 is 17.3 Å². The van der Waals surface area contributed by atoms with Gasteiger partial charge in [-0.25, -0.2) is 4.39 Å². The van der Waals surface area contributed by atoms with E-state index in [9.17, 15) is 9.50 Å². The molecule has 0 amide bonds. The molecule has 0 aliphatic rings. The Morgan fingerprint density at radius 2 is 2.05 bits per heavy atom. The van der Waals surface area contributed by atoms with Crippen molar-refractivity contribution in [3.05, 3.63) is 46.7 Å². The Balaban J connectivity index is 2.65. The fourth-order valence-corrected chi connectivity index (χ4v) is 2.60. The number of aromatic hydroxyl groups is 1. The van der Waals surface area contributed by atoms with Crippen LogP contribution in [0.3, 0.4) is 0 Å². The van der Waals surface area contributed by atoms with Crippen molar-refractivity contribution in [1.29, 1.82) is 0 Å². The Hall–Kier alpha value is -1.94. The molecule has 3 nitrogen and oxygen atoms in total. The number of benzene rings is 2. The van der Waals surface area contributed by atoms with Crippen LogP contribution in [0.2, 0.25) is 5.02 Å². The van der Waals surface area contributed by atoms with Gasteiger partial charge in [0.2, 0.25) is 0 Å². The average Bonchev–Trinajstić information content (AvgIpc) is 2.49. The van der Waals surface area contributed by atoms with Crippen LogP contribution in [0.5, 0.6) is 5.75 Å². The molecular weight excluding hydrogens is 303 g/mol. The van der Waals surface area contributed by atoms with Gasteiger partial charge in [0, 0.05) is 18.2 Å². The monoisotopic (exact) mass is 320 g/mol. The van der Waals surface area contributed by atoms with Gasteiger partial charge >= 0.3 is 0 Å². The zero-order valence-corrected chi connectivity index (χ0v) is 13.4. The van der Waals surface area contributed by atoms with Crippen molar-refractivity contribution in [2.45, 2.75) is 26.2 Å². The fraction of sp³-hybridized carbons (Fsp3) is 0.294. The normalized spacial score (nSPS) is 11.3. The van der Waals surface area contributed by atoms with Gasteiger partial charge in [-0.3, -0.25) is 0 Å². The SMILES string of the molecule is CCCCc1cc(N=NC)c(O)c(-c2c(F)cccc2Cl)c1. The van der Waals surface area contributed by atoms with Gasteiger partial charge in [-0.2, -0.15) is 10.2 Å². The molecule has 2 rings (SSSR count). The van der Waals surface area contributed by atoms with E-state index in [1.165, 1.54) is 19.2 Å². The van der Waals surface area contributed by atoms with Crippen molar-refractivity contribution in [3.8, 4) is 16.9 Å². The quantitative estimate of drug-likeness (QED) is 0.684. The molecule has 5 heteroatoms. The molecule has 1 N–H and O–H groups in total. The lowest BCUT2D eigenvalue weighted by Gasteiger charge is -2.12. The van der Waals surface area contributed by atoms with E-state index in [1.807, 2.05) is 0 Å². The fourth-order valence-electron chi connectivity index (χ4n) is 2.33. The van der Waals surface area contributed by atoms with Gasteiger partial charge in [0.25, 0.3) is 0 Å². The first-order valence-electron chi connectivity index (χ1n) is 7.18. The van der Waals surface area contributed by atoms with E-state index in [1.54, 1.807) is 18.2 Å². The first-order valence-corrected chi connectivity index (χ1v) is 7.56. The Kier molecular flexibility index (Phi) is 5.50. The van der Waals surface area contributed by atoms with Gasteiger partial charge in [0.1, 0.15) is 11.5 Å². The highest BCUT2D eigenvalue weighted by molar-refractivity contribution is 6.33. The first kappa shape index (κ1) is 16.4. The van der Waals surface area contributed by atoms with Gasteiger partial charge in [-0.1, -0.05) is 31.0 Å². The molecule has 0 bridgehead atoms. The standard InChI is InChI=1S/C17H18ClFN2O/c1-3-4-6-11-9-12(17(22)15(10-11)21-20-2)16-13(18)7-5-8-14(16)19/h5,7-10,22H,3-4,6H2,1-2H3. The van der Waals surface area contributed by atoms with Crippen molar-refractivity contribution in [1.82, 2.24) is 0 Å². The van der Waals surface area contributed by atoms with Gasteiger partial charge in [0.05, 0.1) is 5.02 Å². The minimum Gasteiger partial charge on any atom is -0.505 e. The van der Waals surface area contributed by atoms with Crippen LogP contribution in [0.4, 0.5) is 10.1 Å². The number of aryl methyl sites for hydroxylation is 1. The summed E-state index contributed by atoms with van der Waals surface area (Å²) in [6.45, 7) is 2.10. The lowest BCUT2D eigenvalue weighted by atomic mass is 9.98. The molecule has 22 heavy (non-hydrogen) atoms. The third-order valence-electron chi connectivity index (χ3n) is 3.41. The number of phenolic OH excluding ortho intramolecular Hbond substituents is 1. The van der Waals surface area contributed by atoms with E-state index in [-0.39, 0.29) is 16.3 Å². The highest BCUT2D eigenvalue weighted by atomic mass is 35.5. The van der Waals surface area contributed by atoms with Crippen LogP contribution in [0, 0.1) is 5.82 Å². The summed E-state index contributed by atoms with van der Waals surface area (Å²) in [6, 6.07) is 7.99. The summed E-state index contributed by atoms with van der Waals surface area (Å²) in [4.78, 5) is 0. The molecule has 2 aromatic carbocycles. The summed E-state index contributed by atoms with van der Waals surface area (Å²) >= 11 is 6.12. The van der Waals surface area contributed by atoms with E-state index in [0.29, 0.717) is 11.3 Å². The molecule has 0 saturated heterocycles. The largest absolute Gasteiger partial charge is 0.505 e. The molecule has 0 aliphatic heterocycles. The van der Waals surface area contributed by atoms with E-state index < -0.39 is 5.82 Å². The highest BCUT2D eigenvalue weighted by Gasteiger charge is 2.17. The van der Waals surface area contributed by atoms with Gasteiger partial charge < -0.3 is 5.11 Å². The lowest BCUT2D eigenvalue weighted by Crippen LogP contribution is -1.91. The predicted molar refractivity (Wildman–Crippen MR) is 87.6 cm³/mol. The molecule has 0 saturated carbocycles. The first-order chi connectivity index (χ1) is 10.6. The third kappa shape index (κ3) is 3.45. The molecule has 116 valence electrons. The number of azo groups is 1. The van der Waals surface area contributed by atoms with Gasteiger partial charge in [0.15, 0.2) is 5.75 Å². The number of phenols is 1. The molecule has 2 aromatic rings. The Labute approximate surface area is 134 Å². The summed E-state index contributed by atoms with van der Waals surface area (Å²) in [5.74, 6) is -0.590. The van der Waals surface area contributed by atoms with E-state index in [2.05, 4.69) is 17.2 Å². The van der Waals surface area contributed by atoms with Crippen LogP contribution < -0.4 is 0 Å². The molecule has 0 radical (unpaired) electrons. The Morgan fingerprint density at radius 1 is 1.27 bits per heavy atom. The summed E-state index contributed by atoms with van der Waals surface area (Å²) in [5, 5.41) is 18.3. The average molecular weight is 321 g/mol. The van der Waals surface area contributed by atoms with Gasteiger partial charge in [-0.15, -0.1) is 0 Å². The number of hydrogen-bond acceptors (Lipinski definition) is 3. The number of hydrogen-bond donors (Lipinski definition) is 1. The van der Waals surface area contributed by atoms with E-state index >= 15 is 0 Å². The minimum absolute atomic E-state index is 0.113. The smallest absolute Gasteiger partial charge is 0.151 e. The predicted octanol–water partition coefficient (Wildman–Crippen LogP) is 5.91. The molecule has 0 aromatic heterocycles. The van der Waals surface area contributed by atoms with Crippen LogP contribution in [0.1, 0.15) is 25.3 Å².